The maximum atomic E-state index is 5.66. The second-order valence-electron chi connectivity index (χ2n) is 4.42. The van der Waals surface area contributed by atoms with Crippen LogP contribution in [0.2, 0.25) is 0 Å². The highest BCUT2D eigenvalue weighted by Crippen LogP contribution is 2.14. The first-order chi connectivity index (χ1) is 7.65. The van der Waals surface area contributed by atoms with Crippen molar-refractivity contribution in [3.05, 3.63) is 15.5 Å². The average molecular weight is 336 g/mol. The SMILES string of the molecule is CCCCOCc1c(I)cnn1CC(C)C. The fourth-order valence-corrected chi connectivity index (χ4v) is 2.01. The standard InChI is InChI=1S/C12H21IN2O/c1-4-5-6-16-9-12-11(13)7-14-15(12)8-10(2)3/h7,10H,4-6,8-9H2,1-3H3. The Kier molecular flexibility index (Phi) is 6.34. The molecule has 0 bridgehead atoms. The van der Waals surface area contributed by atoms with Crippen molar-refractivity contribution in [1.82, 2.24) is 9.78 Å². The zero-order valence-corrected chi connectivity index (χ0v) is 12.5. The number of aromatic nitrogens is 2. The fraction of sp³-hybridized carbons (Fsp3) is 0.750. The monoisotopic (exact) mass is 336 g/mol. The Morgan fingerprint density at radius 1 is 1.50 bits per heavy atom. The summed E-state index contributed by atoms with van der Waals surface area (Å²) in [5, 5.41) is 4.38. The van der Waals surface area contributed by atoms with Gasteiger partial charge in [0, 0.05) is 13.2 Å². The van der Waals surface area contributed by atoms with Gasteiger partial charge in [-0.1, -0.05) is 27.2 Å². The molecule has 0 atom stereocenters. The molecule has 1 aromatic rings. The fourth-order valence-electron chi connectivity index (χ4n) is 1.45. The van der Waals surface area contributed by atoms with Crippen LogP contribution in [0.3, 0.4) is 0 Å². The van der Waals surface area contributed by atoms with E-state index >= 15 is 0 Å². The lowest BCUT2D eigenvalue weighted by atomic mass is 10.2. The van der Waals surface area contributed by atoms with E-state index in [-0.39, 0.29) is 0 Å². The molecule has 1 heterocycles. The van der Waals surface area contributed by atoms with Crippen LogP contribution in [0.25, 0.3) is 0 Å². The van der Waals surface area contributed by atoms with Gasteiger partial charge in [-0.15, -0.1) is 0 Å². The maximum absolute atomic E-state index is 5.66. The summed E-state index contributed by atoms with van der Waals surface area (Å²) in [7, 11) is 0. The molecule has 0 fully saturated rings. The van der Waals surface area contributed by atoms with Gasteiger partial charge in [-0.05, 0) is 34.9 Å². The summed E-state index contributed by atoms with van der Waals surface area (Å²) < 4.78 is 8.93. The second-order valence-corrected chi connectivity index (χ2v) is 5.58. The first-order valence-corrected chi connectivity index (χ1v) is 7.01. The van der Waals surface area contributed by atoms with E-state index < -0.39 is 0 Å². The van der Waals surface area contributed by atoms with Gasteiger partial charge in [0.05, 0.1) is 22.1 Å². The summed E-state index contributed by atoms with van der Waals surface area (Å²) in [5.74, 6) is 0.616. The molecule has 0 aliphatic rings. The van der Waals surface area contributed by atoms with Crippen LogP contribution < -0.4 is 0 Å². The normalized spacial score (nSPS) is 11.3. The van der Waals surface area contributed by atoms with Crippen molar-refractivity contribution in [2.75, 3.05) is 6.61 Å². The molecule has 0 aliphatic heterocycles. The van der Waals surface area contributed by atoms with Crippen molar-refractivity contribution < 1.29 is 4.74 Å². The molecule has 0 saturated heterocycles. The predicted molar refractivity (Wildman–Crippen MR) is 74.3 cm³/mol. The average Bonchev–Trinajstić information content (AvgIpc) is 2.55. The lowest BCUT2D eigenvalue weighted by Crippen LogP contribution is -2.11. The number of hydrogen-bond acceptors (Lipinski definition) is 2. The van der Waals surface area contributed by atoms with E-state index in [4.69, 9.17) is 4.74 Å². The van der Waals surface area contributed by atoms with Crippen LogP contribution in [-0.4, -0.2) is 16.4 Å². The minimum Gasteiger partial charge on any atom is -0.375 e. The van der Waals surface area contributed by atoms with Gasteiger partial charge in [0.1, 0.15) is 0 Å². The molecule has 0 aliphatic carbocycles. The van der Waals surface area contributed by atoms with E-state index in [1.54, 1.807) is 0 Å². The maximum Gasteiger partial charge on any atom is 0.0895 e. The Hall–Kier alpha value is -0.100. The molecule has 16 heavy (non-hydrogen) atoms. The highest BCUT2D eigenvalue weighted by Gasteiger charge is 2.09. The van der Waals surface area contributed by atoms with Gasteiger partial charge in [0.2, 0.25) is 0 Å². The topological polar surface area (TPSA) is 27.1 Å². The second kappa shape index (κ2) is 7.27. The zero-order valence-electron chi connectivity index (χ0n) is 10.4. The van der Waals surface area contributed by atoms with Crippen molar-refractivity contribution in [2.45, 2.75) is 46.8 Å². The Balaban J connectivity index is 2.52. The van der Waals surface area contributed by atoms with Crippen LogP contribution in [0.1, 0.15) is 39.3 Å². The van der Waals surface area contributed by atoms with Gasteiger partial charge in [0.25, 0.3) is 0 Å². The predicted octanol–water partition coefficient (Wildman–Crippen LogP) is 3.46. The molecule has 0 radical (unpaired) electrons. The summed E-state index contributed by atoms with van der Waals surface area (Å²) in [6.45, 7) is 9.09. The molecule has 1 rings (SSSR count). The minimum absolute atomic E-state index is 0.616. The number of nitrogens with zero attached hydrogens (tertiary/aromatic N) is 2. The highest BCUT2D eigenvalue weighted by molar-refractivity contribution is 14.1. The summed E-state index contributed by atoms with van der Waals surface area (Å²) in [6.07, 6.45) is 4.23. The molecule has 3 nitrogen and oxygen atoms in total. The quantitative estimate of drug-likeness (QED) is 0.563. The van der Waals surface area contributed by atoms with Crippen LogP contribution in [0.4, 0.5) is 0 Å². The van der Waals surface area contributed by atoms with Gasteiger partial charge >= 0.3 is 0 Å². The summed E-state index contributed by atoms with van der Waals surface area (Å²) in [6, 6.07) is 0. The van der Waals surface area contributed by atoms with E-state index in [1.165, 1.54) is 15.7 Å². The number of unbranched alkanes of at least 4 members (excludes halogenated alkanes) is 1. The lowest BCUT2D eigenvalue weighted by Gasteiger charge is -2.10. The molecule has 0 amide bonds. The van der Waals surface area contributed by atoms with Crippen LogP contribution in [0.5, 0.6) is 0 Å². The van der Waals surface area contributed by atoms with E-state index in [0.717, 1.165) is 19.6 Å². The number of hydrogen-bond donors (Lipinski definition) is 0. The summed E-state index contributed by atoms with van der Waals surface area (Å²) in [4.78, 5) is 0. The van der Waals surface area contributed by atoms with Gasteiger partial charge in [0.15, 0.2) is 0 Å². The third kappa shape index (κ3) is 4.41. The lowest BCUT2D eigenvalue weighted by molar-refractivity contribution is 0.111. The zero-order chi connectivity index (χ0) is 12.0. The summed E-state index contributed by atoms with van der Waals surface area (Å²) >= 11 is 2.33. The van der Waals surface area contributed by atoms with Gasteiger partial charge in [-0.2, -0.15) is 5.10 Å². The van der Waals surface area contributed by atoms with E-state index in [1.807, 2.05) is 6.20 Å². The first-order valence-electron chi connectivity index (χ1n) is 5.93. The van der Waals surface area contributed by atoms with Crippen LogP contribution in [0, 0.1) is 9.49 Å². The van der Waals surface area contributed by atoms with Crippen LogP contribution in [0.15, 0.2) is 6.20 Å². The largest absolute Gasteiger partial charge is 0.375 e. The van der Waals surface area contributed by atoms with E-state index in [0.29, 0.717) is 12.5 Å². The third-order valence-electron chi connectivity index (χ3n) is 2.32. The first kappa shape index (κ1) is 14.0. The van der Waals surface area contributed by atoms with E-state index in [9.17, 15) is 0 Å². The smallest absolute Gasteiger partial charge is 0.0895 e. The Morgan fingerprint density at radius 2 is 2.25 bits per heavy atom. The van der Waals surface area contributed by atoms with Crippen molar-refractivity contribution in [1.29, 1.82) is 0 Å². The minimum atomic E-state index is 0.616. The Morgan fingerprint density at radius 3 is 2.88 bits per heavy atom. The van der Waals surface area contributed by atoms with Crippen molar-refractivity contribution >= 4 is 22.6 Å². The Bertz CT molecular complexity index is 310. The third-order valence-corrected chi connectivity index (χ3v) is 3.22. The van der Waals surface area contributed by atoms with Gasteiger partial charge < -0.3 is 4.74 Å². The van der Waals surface area contributed by atoms with Crippen LogP contribution >= 0.6 is 22.6 Å². The molecule has 0 spiro atoms. The van der Waals surface area contributed by atoms with Crippen molar-refractivity contribution in [3.8, 4) is 0 Å². The molecule has 1 aromatic heterocycles. The molecule has 0 saturated carbocycles. The van der Waals surface area contributed by atoms with Crippen LogP contribution in [-0.2, 0) is 17.9 Å². The molecule has 92 valence electrons. The summed E-state index contributed by atoms with van der Waals surface area (Å²) in [5.41, 5.74) is 1.21. The number of halogens is 1. The highest BCUT2D eigenvalue weighted by atomic mass is 127. The number of ether oxygens (including phenoxy) is 1. The van der Waals surface area contributed by atoms with Crippen molar-refractivity contribution in [2.24, 2.45) is 5.92 Å². The molecule has 0 N–H and O–H groups in total. The molecule has 0 unspecified atom stereocenters. The van der Waals surface area contributed by atoms with Gasteiger partial charge in [-0.25, -0.2) is 0 Å². The number of rotatable bonds is 7. The van der Waals surface area contributed by atoms with E-state index in [2.05, 4.69) is 53.1 Å². The van der Waals surface area contributed by atoms with Crippen molar-refractivity contribution in [3.63, 3.8) is 0 Å². The molecule has 0 aromatic carbocycles. The Labute approximate surface area is 112 Å². The molecular weight excluding hydrogens is 315 g/mol. The molecule has 4 heteroatoms. The van der Waals surface area contributed by atoms with Gasteiger partial charge in [-0.3, -0.25) is 4.68 Å². The molecular formula is C12H21IN2O.